The predicted octanol–water partition coefficient (Wildman–Crippen LogP) is 5.48. The highest BCUT2D eigenvalue weighted by Gasteiger charge is 2.63. The minimum Gasteiger partial charge on any atom is -0.508 e. The third-order valence-corrected chi connectivity index (χ3v) is 12.2. The smallest absolute Gasteiger partial charge is 0.318 e. The van der Waals surface area contributed by atoms with Crippen molar-refractivity contribution in [1.82, 2.24) is 20.2 Å². The number of aromatic hydroxyl groups is 1. The van der Waals surface area contributed by atoms with Crippen LogP contribution in [0, 0.1) is 0 Å². The normalized spacial score (nSPS) is 32.7. The number of benzene rings is 2. The standard InChI is InChI=1S/C34H40BrFN6O2/c35-26-5-1-4-21-14-24(43)15-28(30(21)26)40-13-9-25-27(18-40)38-32(39-31(25)41-16-22-7-8-23(17-41)37-22)44-20-33-10-3-12-42(33)29-6-2-11-34(29,36)19-33/h1,4-5,14-15,22-23,29,37,43H,2-3,6-13,16-20H2. The summed E-state index contributed by atoms with van der Waals surface area (Å²) in [5.74, 6) is 1.27. The highest BCUT2D eigenvalue weighted by Crippen LogP contribution is 2.55. The van der Waals surface area contributed by atoms with Crippen molar-refractivity contribution in [2.75, 3.05) is 42.6 Å². The molecule has 1 aromatic heterocycles. The molecule has 6 heterocycles. The fraction of sp³-hybridized carbons (Fsp3) is 0.588. The summed E-state index contributed by atoms with van der Waals surface area (Å²) < 4.78 is 23.6. The van der Waals surface area contributed by atoms with Crippen LogP contribution in [0.25, 0.3) is 10.8 Å². The number of halogens is 2. The molecule has 2 bridgehead atoms. The van der Waals surface area contributed by atoms with E-state index in [9.17, 15) is 5.11 Å². The number of piperazine rings is 1. The molecule has 232 valence electrons. The molecule has 10 heteroatoms. The number of hydrogen-bond acceptors (Lipinski definition) is 8. The van der Waals surface area contributed by atoms with Crippen LogP contribution < -0.4 is 19.9 Å². The molecule has 5 atom stereocenters. The van der Waals surface area contributed by atoms with Gasteiger partial charge in [0, 0.05) is 71.4 Å². The van der Waals surface area contributed by atoms with Crippen LogP contribution in [0.4, 0.5) is 15.9 Å². The van der Waals surface area contributed by atoms with Gasteiger partial charge in [0.05, 0.1) is 17.8 Å². The van der Waals surface area contributed by atoms with Crippen LogP contribution in [0.1, 0.15) is 62.6 Å². The van der Waals surface area contributed by atoms with Gasteiger partial charge in [-0.1, -0.05) is 28.1 Å². The number of ether oxygens (including phenoxy) is 1. The van der Waals surface area contributed by atoms with Gasteiger partial charge in [0.2, 0.25) is 0 Å². The van der Waals surface area contributed by atoms with Gasteiger partial charge in [-0.15, -0.1) is 0 Å². The summed E-state index contributed by atoms with van der Waals surface area (Å²) in [5.41, 5.74) is 1.84. The Bertz CT molecular complexity index is 1630. The summed E-state index contributed by atoms with van der Waals surface area (Å²) in [4.78, 5) is 17.4. The summed E-state index contributed by atoms with van der Waals surface area (Å²) >= 11 is 3.76. The van der Waals surface area contributed by atoms with Crippen LogP contribution in [-0.2, 0) is 13.0 Å². The van der Waals surface area contributed by atoms with Crippen molar-refractivity contribution in [3.8, 4) is 11.8 Å². The van der Waals surface area contributed by atoms with E-state index in [4.69, 9.17) is 14.7 Å². The van der Waals surface area contributed by atoms with Crippen LogP contribution in [0.3, 0.4) is 0 Å². The molecule has 0 amide bonds. The van der Waals surface area contributed by atoms with Gasteiger partial charge < -0.3 is 25.0 Å². The lowest BCUT2D eigenvalue weighted by Crippen LogP contribution is -2.52. The maximum Gasteiger partial charge on any atom is 0.318 e. The Hall–Kier alpha value is -2.69. The van der Waals surface area contributed by atoms with Crippen LogP contribution in [-0.4, -0.2) is 82.1 Å². The minimum absolute atomic E-state index is 0.0370. The number of nitrogens with zero attached hydrogens (tertiary/aromatic N) is 5. The molecular weight excluding hydrogens is 623 g/mol. The molecular formula is C34H40BrFN6O2. The van der Waals surface area contributed by atoms with E-state index >= 15 is 4.39 Å². The van der Waals surface area contributed by atoms with Crippen molar-refractivity contribution < 1.29 is 14.2 Å². The molecule has 8 nitrogen and oxygen atoms in total. The van der Waals surface area contributed by atoms with Gasteiger partial charge in [-0.05, 0) is 75.4 Å². The molecule has 1 saturated carbocycles. The number of phenolic OH excluding ortho intramolecular Hbond substituents is 1. The van der Waals surface area contributed by atoms with Crippen LogP contribution in [0.2, 0.25) is 0 Å². The second-order valence-electron chi connectivity index (χ2n) is 14.2. The van der Waals surface area contributed by atoms with E-state index < -0.39 is 5.67 Å². The monoisotopic (exact) mass is 662 g/mol. The first-order valence-electron chi connectivity index (χ1n) is 16.5. The van der Waals surface area contributed by atoms with E-state index in [2.05, 4.69) is 42.0 Å². The number of anilines is 2. The number of phenols is 1. The molecule has 44 heavy (non-hydrogen) atoms. The summed E-state index contributed by atoms with van der Waals surface area (Å²) in [6.45, 7) is 4.69. The number of rotatable bonds is 5. The first kappa shape index (κ1) is 27.6. The van der Waals surface area contributed by atoms with Crippen molar-refractivity contribution in [1.29, 1.82) is 0 Å². The first-order valence-corrected chi connectivity index (χ1v) is 17.3. The molecule has 2 aromatic carbocycles. The SMILES string of the molecule is Oc1cc(N2CCc3c(nc(OCC45CCCN4C4CCCC4(F)C5)nc3N3CC4CCC(C3)N4)C2)c2c(Br)cccc2c1. The van der Waals surface area contributed by atoms with Crippen LogP contribution in [0.5, 0.6) is 11.8 Å². The predicted molar refractivity (Wildman–Crippen MR) is 173 cm³/mol. The maximum absolute atomic E-state index is 16.0. The quantitative estimate of drug-likeness (QED) is 0.372. The highest BCUT2D eigenvalue weighted by atomic mass is 79.9. The number of aromatic nitrogens is 2. The summed E-state index contributed by atoms with van der Waals surface area (Å²) in [7, 11) is 0. The van der Waals surface area contributed by atoms with E-state index in [1.165, 1.54) is 18.4 Å². The molecule has 4 saturated heterocycles. The topological polar surface area (TPSA) is 77.0 Å². The van der Waals surface area contributed by atoms with Gasteiger partial charge in [-0.3, -0.25) is 4.90 Å². The number of fused-ring (bicyclic) bond motifs is 7. The van der Waals surface area contributed by atoms with Crippen molar-refractivity contribution in [2.24, 2.45) is 0 Å². The van der Waals surface area contributed by atoms with Gasteiger partial charge in [0.15, 0.2) is 0 Å². The lowest BCUT2D eigenvalue weighted by Gasteiger charge is -2.38. The van der Waals surface area contributed by atoms with Crippen LogP contribution >= 0.6 is 15.9 Å². The fourth-order valence-electron chi connectivity index (χ4n) is 9.73. The maximum atomic E-state index is 16.0. The van der Waals surface area contributed by atoms with Gasteiger partial charge in [-0.2, -0.15) is 9.97 Å². The molecule has 3 aromatic rings. The Kier molecular flexibility index (Phi) is 6.37. The number of alkyl halides is 1. The molecule has 1 aliphatic carbocycles. The Morgan fingerprint density at radius 1 is 1.05 bits per heavy atom. The van der Waals surface area contributed by atoms with E-state index in [1.807, 2.05) is 24.3 Å². The van der Waals surface area contributed by atoms with E-state index in [0.717, 1.165) is 90.7 Å². The Morgan fingerprint density at radius 2 is 1.91 bits per heavy atom. The van der Waals surface area contributed by atoms with E-state index in [0.29, 0.717) is 44.1 Å². The molecule has 0 spiro atoms. The van der Waals surface area contributed by atoms with E-state index in [1.54, 1.807) is 0 Å². The molecule has 5 fully saturated rings. The van der Waals surface area contributed by atoms with Crippen molar-refractivity contribution in [3.63, 3.8) is 0 Å². The molecule has 9 rings (SSSR count). The fourth-order valence-corrected chi connectivity index (χ4v) is 10.3. The second kappa shape index (κ2) is 10.2. The lowest BCUT2D eigenvalue weighted by atomic mass is 9.88. The van der Waals surface area contributed by atoms with Crippen molar-refractivity contribution in [2.45, 2.75) is 93.7 Å². The third kappa shape index (κ3) is 4.34. The second-order valence-corrected chi connectivity index (χ2v) is 15.1. The average Bonchev–Trinajstić information content (AvgIpc) is 3.73. The Labute approximate surface area is 266 Å². The number of nitrogens with one attached hydrogen (secondary N) is 1. The Morgan fingerprint density at radius 3 is 2.77 bits per heavy atom. The molecule has 6 aliphatic rings. The molecule has 2 N–H and O–H groups in total. The van der Waals surface area contributed by atoms with Gasteiger partial charge in [-0.25, -0.2) is 4.39 Å². The molecule has 0 radical (unpaired) electrons. The summed E-state index contributed by atoms with van der Waals surface area (Å²) in [5, 5.41) is 16.5. The zero-order valence-corrected chi connectivity index (χ0v) is 26.7. The zero-order valence-electron chi connectivity index (χ0n) is 25.1. The van der Waals surface area contributed by atoms with Crippen LogP contribution in [0.15, 0.2) is 34.8 Å². The highest BCUT2D eigenvalue weighted by molar-refractivity contribution is 9.10. The first-order chi connectivity index (χ1) is 21.4. The van der Waals surface area contributed by atoms with E-state index in [-0.39, 0.29) is 17.3 Å². The van der Waals surface area contributed by atoms with Crippen molar-refractivity contribution >= 4 is 38.2 Å². The minimum atomic E-state index is -1.08. The van der Waals surface area contributed by atoms with Gasteiger partial charge in [0.25, 0.3) is 0 Å². The number of hydrogen-bond donors (Lipinski definition) is 2. The van der Waals surface area contributed by atoms with Gasteiger partial charge in [0.1, 0.15) is 23.8 Å². The molecule has 5 unspecified atom stereocenters. The summed E-state index contributed by atoms with van der Waals surface area (Å²) in [6, 6.07) is 11.2. The zero-order chi connectivity index (χ0) is 29.6. The third-order valence-electron chi connectivity index (χ3n) is 11.6. The summed E-state index contributed by atoms with van der Waals surface area (Å²) in [6.07, 6.45) is 8.48. The lowest BCUT2D eigenvalue weighted by molar-refractivity contribution is 0.0808. The molecule has 5 aliphatic heterocycles. The van der Waals surface area contributed by atoms with Gasteiger partial charge >= 0.3 is 6.01 Å². The largest absolute Gasteiger partial charge is 0.508 e. The average molecular weight is 664 g/mol. The van der Waals surface area contributed by atoms with Crippen molar-refractivity contribution in [3.05, 3.63) is 46.1 Å². The Balaban J connectivity index is 1.07.